The molecular weight excluding hydrogens is 302 g/mol. The molecule has 0 bridgehead atoms. The lowest BCUT2D eigenvalue weighted by Crippen LogP contribution is -2.45. The molecule has 1 fully saturated rings. The number of carboxylic acid groups (broad SMARTS) is 1. The number of thioether (sulfide) groups is 1. The van der Waals surface area contributed by atoms with Crippen molar-refractivity contribution in [3.8, 4) is 5.75 Å². The molecule has 1 aromatic carbocycles. The van der Waals surface area contributed by atoms with E-state index >= 15 is 0 Å². The van der Waals surface area contributed by atoms with Gasteiger partial charge in [-0.2, -0.15) is 0 Å². The summed E-state index contributed by atoms with van der Waals surface area (Å²) in [4.78, 5) is 24.4. The molecule has 0 heterocycles. The van der Waals surface area contributed by atoms with Gasteiger partial charge in [-0.1, -0.05) is 6.42 Å². The van der Waals surface area contributed by atoms with Gasteiger partial charge in [0, 0.05) is 10.9 Å². The summed E-state index contributed by atoms with van der Waals surface area (Å²) in [5, 5.41) is 11.9. The highest BCUT2D eigenvalue weighted by Crippen LogP contribution is 2.26. The first-order chi connectivity index (χ1) is 10.5. The zero-order chi connectivity index (χ0) is 16.1. The molecule has 1 unspecified atom stereocenters. The Bertz CT molecular complexity index is 531. The van der Waals surface area contributed by atoms with Crippen molar-refractivity contribution in [2.24, 2.45) is 5.92 Å². The van der Waals surface area contributed by atoms with Gasteiger partial charge < -0.3 is 15.2 Å². The highest BCUT2D eigenvalue weighted by molar-refractivity contribution is 7.98. The molecule has 22 heavy (non-hydrogen) atoms. The fourth-order valence-corrected chi connectivity index (χ4v) is 3.05. The summed E-state index contributed by atoms with van der Waals surface area (Å²) in [6.07, 6.45) is 3.48. The monoisotopic (exact) mass is 323 g/mol. The molecule has 1 aliphatic rings. The van der Waals surface area contributed by atoms with E-state index in [1.165, 1.54) is 0 Å². The Labute approximate surface area is 134 Å². The van der Waals surface area contributed by atoms with Gasteiger partial charge in [0.1, 0.15) is 5.75 Å². The van der Waals surface area contributed by atoms with Crippen molar-refractivity contribution >= 4 is 23.6 Å². The predicted octanol–water partition coefficient (Wildman–Crippen LogP) is 2.55. The van der Waals surface area contributed by atoms with Crippen LogP contribution in [-0.2, 0) is 9.59 Å². The molecule has 1 amide bonds. The first kappa shape index (κ1) is 16.7. The fourth-order valence-electron chi connectivity index (χ4n) is 2.64. The van der Waals surface area contributed by atoms with Crippen molar-refractivity contribution < 1.29 is 19.4 Å². The van der Waals surface area contributed by atoms with Crippen molar-refractivity contribution in [2.45, 2.75) is 43.2 Å². The van der Waals surface area contributed by atoms with Gasteiger partial charge in [0.15, 0.2) is 6.10 Å². The van der Waals surface area contributed by atoms with Gasteiger partial charge in [-0.25, -0.2) is 0 Å². The molecule has 1 aromatic rings. The highest BCUT2D eigenvalue weighted by atomic mass is 32.2. The second-order valence-corrected chi connectivity index (χ2v) is 6.31. The lowest BCUT2D eigenvalue weighted by Gasteiger charge is -2.21. The summed E-state index contributed by atoms with van der Waals surface area (Å²) in [5.41, 5.74) is 0. The van der Waals surface area contributed by atoms with Gasteiger partial charge in [-0.05, 0) is 50.3 Å². The quantitative estimate of drug-likeness (QED) is 0.787. The number of hydrogen-bond acceptors (Lipinski definition) is 4. The molecule has 1 aliphatic carbocycles. The van der Waals surface area contributed by atoms with E-state index in [0.717, 1.165) is 11.3 Å². The van der Waals surface area contributed by atoms with Crippen LogP contribution in [0.1, 0.15) is 26.2 Å². The van der Waals surface area contributed by atoms with Crippen LogP contribution in [0.5, 0.6) is 5.75 Å². The molecule has 2 rings (SSSR count). The number of rotatable bonds is 6. The van der Waals surface area contributed by atoms with Crippen LogP contribution in [0.25, 0.3) is 0 Å². The lowest BCUT2D eigenvalue weighted by molar-refractivity contribution is -0.142. The highest BCUT2D eigenvalue weighted by Gasteiger charge is 2.34. The SMILES string of the molecule is CSc1ccc(OC(C)C(=O)N[C@@H]2CCC[C@@H]2C(=O)O)cc1. The molecule has 1 saturated carbocycles. The Hall–Kier alpha value is -1.69. The summed E-state index contributed by atoms with van der Waals surface area (Å²) in [7, 11) is 0. The van der Waals surface area contributed by atoms with Gasteiger partial charge >= 0.3 is 5.97 Å². The Morgan fingerprint density at radius 2 is 2.00 bits per heavy atom. The van der Waals surface area contributed by atoms with E-state index in [9.17, 15) is 9.59 Å². The molecule has 120 valence electrons. The van der Waals surface area contributed by atoms with Crippen molar-refractivity contribution in [1.82, 2.24) is 5.32 Å². The van der Waals surface area contributed by atoms with Crippen molar-refractivity contribution in [3.63, 3.8) is 0 Å². The molecule has 0 radical (unpaired) electrons. The summed E-state index contributed by atoms with van der Waals surface area (Å²) >= 11 is 1.64. The number of carbonyl (C=O) groups is 2. The minimum absolute atomic E-state index is 0.271. The maximum atomic E-state index is 12.2. The van der Waals surface area contributed by atoms with Crippen molar-refractivity contribution in [3.05, 3.63) is 24.3 Å². The number of nitrogens with one attached hydrogen (secondary N) is 1. The maximum absolute atomic E-state index is 12.2. The molecule has 0 saturated heterocycles. The maximum Gasteiger partial charge on any atom is 0.308 e. The van der Waals surface area contributed by atoms with E-state index in [0.29, 0.717) is 18.6 Å². The molecular formula is C16H21NO4S. The number of hydrogen-bond donors (Lipinski definition) is 2. The molecule has 6 heteroatoms. The summed E-state index contributed by atoms with van der Waals surface area (Å²) in [6, 6.07) is 7.22. The number of benzene rings is 1. The summed E-state index contributed by atoms with van der Waals surface area (Å²) < 4.78 is 5.61. The standard InChI is InChI=1S/C16H21NO4S/c1-10(21-11-6-8-12(22-2)9-7-11)15(18)17-14-5-3-4-13(14)16(19)20/h6-10,13-14H,3-5H2,1-2H3,(H,17,18)(H,19,20)/t10?,13-,14+/m0/s1. The van der Waals surface area contributed by atoms with E-state index in [-0.39, 0.29) is 11.9 Å². The first-order valence-corrected chi connectivity index (χ1v) is 8.57. The van der Waals surface area contributed by atoms with Crippen molar-refractivity contribution in [1.29, 1.82) is 0 Å². The Kier molecular flexibility index (Phi) is 5.71. The average Bonchev–Trinajstić information content (AvgIpc) is 2.96. The van der Waals surface area contributed by atoms with Crippen LogP contribution in [0.2, 0.25) is 0 Å². The third-order valence-electron chi connectivity index (χ3n) is 3.90. The second kappa shape index (κ2) is 7.54. The fraction of sp³-hybridized carbons (Fsp3) is 0.500. The molecule has 0 aromatic heterocycles. The van der Waals surface area contributed by atoms with Gasteiger partial charge in [-0.15, -0.1) is 11.8 Å². The summed E-state index contributed by atoms with van der Waals surface area (Å²) in [6.45, 7) is 1.67. The number of amides is 1. The van der Waals surface area contributed by atoms with Crippen LogP contribution in [0, 0.1) is 5.92 Å². The average molecular weight is 323 g/mol. The van der Waals surface area contributed by atoms with Gasteiger partial charge in [-0.3, -0.25) is 9.59 Å². The van der Waals surface area contributed by atoms with Gasteiger partial charge in [0.2, 0.25) is 0 Å². The molecule has 0 aliphatic heterocycles. The van der Waals surface area contributed by atoms with Gasteiger partial charge in [0.25, 0.3) is 5.91 Å². The largest absolute Gasteiger partial charge is 0.481 e. The first-order valence-electron chi connectivity index (χ1n) is 7.35. The van der Waals surface area contributed by atoms with Crippen LogP contribution in [0.3, 0.4) is 0 Å². The Morgan fingerprint density at radius 3 is 2.59 bits per heavy atom. The second-order valence-electron chi connectivity index (χ2n) is 5.43. The minimum Gasteiger partial charge on any atom is -0.481 e. The topological polar surface area (TPSA) is 75.6 Å². The van der Waals surface area contributed by atoms with Crippen LogP contribution >= 0.6 is 11.8 Å². The third kappa shape index (κ3) is 4.16. The van der Waals surface area contributed by atoms with Crippen LogP contribution < -0.4 is 10.1 Å². The molecule has 5 nitrogen and oxygen atoms in total. The van der Waals surface area contributed by atoms with E-state index < -0.39 is 18.0 Å². The van der Waals surface area contributed by atoms with E-state index in [1.54, 1.807) is 18.7 Å². The number of aliphatic carboxylic acids is 1. The van der Waals surface area contributed by atoms with Crippen LogP contribution in [-0.4, -0.2) is 35.4 Å². The van der Waals surface area contributed by atoms with Crippen molar-refractivity contribution in [2.75, 3.05) is 6.26 Å². The lowest BCUT2D eigenvalue weighted by atomic mass is 10.0. The van der Waals surface area contributed by atoms with E-state index in [2.05, 4.69) is 5.32 Å². The van der Waals surface area contributed by atoms with Gasteiger partial charge in [0.05, 0.1) is 5.92 Å². The molecule has 3 atom stereocenters. The summed E-state index contributed by atoms with van der Waals surface area (Å²) in [5.74, 6) is -0.977. The van der Waals surface area contributed by atoms with Crippen LogP contribution in [0.15, 0.2) is 29.2 Å². The number of carboxylic acids is 1. The number of carbonyl (C=O) groups excluding carboxylic acids is 1. The third-order valence-corrected chi connectivity index (χ3v) is 4.65. The number of ether oxygens (including phenoxy) is 1. The molecule has 2 N–H and O–H groups in total. The normalized spacial score (nSPS) is 22.1. The molecule has 0 spiro atoms. The zero-order valence-electron chi connectivity index (χ0n) is 12.7. The van der Waals surface area contributed by atoms with E-state index in [1.807, 2.05) is 30.5 Å². The smallest absolute Gasteiger partial charge is 0.308 e. The Balaban J connectivity index is 1.90. The zero-order valence-corrected chi connectivity index (χ0v) is 13.6. The Morgan fingerprint density at radius 1 is 1.32 bits per heavy atom. The predicted molar refractivity (Wildman–Crippen MR) is 85.2 cm³/mol. The minimum atomic E-state index is -0.843. The van der Waals surface area contributed by atoms with E-state index in [4.69, 9.17) is 9.84 Å². The van der Waals surface area contributed by atoms with Crippen LogP contribution in [0.4, 0.5) is 0 Å².